The van der Waals surface area contributed by atoms with Gasteiger partial charge in [0.1, 0.15) is 5.78 Å². The van der Waals surface area contributed by atoms with Crippen LogP contribution in [0.15, 0.2) is 0 Å². The third-order valence-corrected chi connectivity index (χ3v) is 5.86. The highest BCUT2D eigenvalue weighted by molar-refractivity contribution is 5.82. The molecule has 0 heterocycles. The molecule has 0 N–H and O–H groups in total. The Hall–Kier alpha value is -0.330. The van der Waals surface area contributed by atoms with Gasteiger partial charge in [-0.3, -0.25) is 4.79 Å². The van der Waals surface area contributed by atoms with E-state index < -0.39 is 0 Å². The molecule has 0 radical (unpaired) electrons. The van der Waals surface area contributed by atoms with E-state index in [9.17, 15) is 4.79 Å². The summed E-state index contributed by atoms with van der Waals surface area (Å²) in [4.78, 5) is 11.9. The molecular weight excluding hydrogens is 280 g/mol. The third-order valence-electron chi connectivity index (χ3n) is 5.86. The van der Waals surface area contributed by atoms with Gasteiger partial charge in [0.15, 0.2) is 0 Å². The molecule has 0 amide bonds. The maximum atomic E-state index is 11.9. The highest BCUT2D eigenvalue weighted by atomic mass is 16.1. The van der Waals surface area contributed by atoms with Gasteiger partial charge in [-0.05, 0) is 26.2 Å². The lowest BCUT2D eigenvalue weighted by atomic mass is 9.74. The molecule has 0 spiro atoms. The molecule has 0 aromatic heterocycles. The zero-order valence-corrected chi connectivity index (χ0v) is 16.7. The fourth-order valence-corrected chi connectivity index (χ4v) is 3.76. The van der Waals surface area contributed by atoms with Crippen molar-refractivity contribution in [3.63, 3.8) is 0 Å². The number of hydrogen-bond donors (Lipinski definition) is 0. The summed E-state index contributed by atoms with van der Waals surface area (Å²) in [5.41, 5.74) is -0.0161. The molecule has 1 nitrogen and oxygen atoms in total. The lowest BCUT2D eigenvalue weighted by Crippen LogP contribution is -2.27. The van der Waals surface area contributed by atoms with Crippen LogP contribution in [0.3, 0.4) is 0 Å². The molecular formula is C22H44O. The Morgan fingerprint density at radius 1 is 0.609 bits per heavy atom. The SMILES string of the molecule is CCCCCCCCCCCCCCCC(CC)(CC)C(C)=O. The summed E-state index contributed by atoms with van der Waals surface area (Å²) < 4.78 is 0. The van der Waals surface area contributed by atoms with Gasteiger partial charge in [-0.15, -0.1) is 0 Å². The fraction of sp³-hybridized carbons (Fsp3) is 0.955. The van der Waals surface area contributed by atoms with Crippen LogP contribution in [0.5, 0.6) is 0 Å². The maximum absolute atomic E-state index is 11.9. The summed E-state index contributed by atoms with van der Waals surface area (Å²) in [5, 5.41) is 0. The normalized spacial score (nSPS) is 11.8. The second-order valence-electron chi connectivity index (χ2n) is 7.54. The van der Waals surface area contributed by atoms with Crippen LogP contribution in [0.1, 0.15) is 130 Å². The first-order valence-corrected chi connectivity index (χ1v) is 10.6. The van der Waals surface area contributed by atoms with Crippen LogP contribution in [0.25, 0.3) is 0 Å². The smallest absolute Gasteiger partial charge is 0.135 e. The van der Waals surface area contributed by atoms with Crippen molar-refractivity contribution < 1.29 is 4.79 Å². The van der Waals surface area contributed by atoms with E-state index in [1.165, 1.54) is 83.5 Å². The highest BCUT2D eigenvalue weighted by Crippen LogP contribution is 2.33. The average Bonchev–Trinajstić information content (AvgIpc) is 2.55. The number of unbranched alkanes of at least 4 members (excludes halogenated alkanes) is 12. The van der Waals surface area contributed by atoms with Gasteiger partial charge in [-0.2, -0.15) is 0 Å². The van der Waals surface area contributed by atoms with E-state index in [-0.39, 0.29) is 5.41 Å². The first kappa shape index (κ1) is 22.7. The van der Waals surface area contributed by atoms with E-state index in [4.69, 9.17) is 0 Å². The van der Waals surface area contributed by atoms with E-state index in [0.29, 0.717) is 5.78 Å². The molecule has 0 fully saturated rings. The van der Waals surface area contributed by atoms with Crippen LogP contribution in [-0.2, 0) is 4.79 Å². The summed E-state index contributed by atoms with van der Waals surface area (Å²) in [6.07, 6.45) is 21.2. The second kappa shape index (κ2) is 15.2. The molecule has 0 aromatic rings. The first-order valence-electron chi connectivity index (χ1n) is 10.6. The molecule has 1 heteroatoms. The van der Waals surface area contributed by atoms with Crippen molar-refractivity contribution >= 4 is 5.78 Å². The maximum Gasteiger partial charge on any atom is 0.135 e. The molecule has 0 saturated heterocycles. The van der Waals surface area contributed by atoms with Crippen molar-refractivity contribution in [2.75, 3.05) is 0 Å². The predicted molar refractivity (Wildman–Crippen MR) is 104 cm³/mol. The molecule has 0 aromatic carbocycles. The van der Waals surface area contributed by atoms with E-state index in [1.54, 1.807) is 6.92 Å². The summed E-state index contributed by atoms with van der Waals surface area (Å²) in [5.74, 6) is 0.404. The van der Waals surface area contributed by atoms with Crippen LogP contribution in [0.2, 0.25) is 0 Å². The number of ketones is 1. The highest BCUT2D eigenvalue weighted by Gasteiger charge is 2.30. The largest absolute Gasteiger partial charge is 0.299 e. The Bertz CT molecular complexity index is 265. The molecule has 0 aliphatic carbocycles. The molecule has 0 bridgehead atoms. The zero-order valence-electron chi connectivity index (χ0n) is 16.7. The van der Waals surface area contributed by atoms with Crippen molar-refractivity contribution in [2.45, 2.75) is 130 Å². The van der Waals surface area contributed by atoms with E-state index >= 15 is 0 Å². The Balaban J connectivity index is 3.41. The number of hydrogen-bond acceptors (Lipinski definition) is 1. The van der Waals surface area contributed by atoms with E-state index in [0.717, 1.165) is 19.3 Å². The summed E-state index contributed by atoms with van der Waals surface area (Å²) in [6, 6.07) is 0. The monoisotopic (exact) mass is 324 g/mol. The van der Waals surface area contributed by atoms with Gasteiger partial charge in [-0.25, -0.2) is 0 Å². The van der Waals surface area contributed by atoms with Crippen LogP contribution in [0, 0.1) is 5.41 Å². The van der Waals surface area contributed by atoms with Crippen molar-refractivity contribution in [3.8, 4) is 0 Å². The Morgan fingerprint density at radius 3 is 1.26 bits per heavy atom. The number of carbonyl (C=O) groups excluding carboxylic acids is 1. The number of carbonyl (C=O) groups is 1. The summed E-state index contributed by atoms with van der Waals surface area (Å²) >= 11 is 0. The lowest BCUT2D eigenvalue weighted by Gasteiger charge is -2.28. The minimum atomic E-state index is -0.0161. The molecule has 0 atom stereocenters. The van der Waals surface area contributed by atoms with E-state index in [2.05, 4.69) is 20.8 Å². The van der Waals surface area contributed by atoms with Crippen LogP contribution in [-0.4, -0.2) is 5.78 Å². The van der Waals surface area contributed by atoms with Crippen molar-refractivity contribution in [3.05, 3.63) is 0 Å². The topological polar surface area (TPSA) is 17.1 Å². The summed E-state index contributed by atoms with van der Waals surface area (Å²) in [7, 11) is 0. The minimum Gasteiger partial charge on any atom is -0.299 e. The van der Waals surface area contributed by atoms with Gasteiger partial charge in [0.2, 0.25) is 0 Å². The molecule has 0 rings (SSSR count). The molecule has 138 valence electrons. The van der Waals surface area contributed by atoms with Gasteiger partial charge in [-0.1, -0.05) is 104 Å². The van der Waals surface area contributed by atoms with E-state index in [1.807, 2.05) is 0 Å². The quantitative estimate of drug-likeness (QED) is 0.249. The first-order chi connectivity index (χ1) is 11.1. The Labute approximate surface area is 147 Å². The Morgan fingerprint density at radius 2 is 0.957 bits per heavy atom. The third kappa shape index (κ3) is 11.0. The number of rotatable bonds is 17. The number of Topliss-reactive ketones (excluding diaryl/α,β-unsaturated/α-hetero) is 1. The standard InChI is InChI=1S/C22H44O/c1-5-8-9-10-11-12-13-14-15-16-17-18-19-20-22(6-2,7-3)21(4)23/h5-20H2,1-4H3. The molecule has 0 unspecified atom stereocenters. The van der Waals surface area contributed by atoms with Gasteiger partial charge >= 0.3 is 0 Å². The molecule has 0 aliphatic rings. The van der Waals surface area contributed by atoms with Gasteiger partial charge in [0, 0.05) is 5.41 Å². The average molecular weight is 325 g/mol. The van der Waals surface area contributed by atoms with Crippen molar-refractivity contribution in [2.24, 2.45) is 5.41 Å². The predicted octanol–water partition coefficient (Wildman–Crippen LogP) is 7.86. The van der Waals surface area contributed by atoms with Crippen LogP contribution in [0.4, 0.5) is 0 Å². The second-order valence-corrected chi connectivity index (χ2v) is 7.54. The molecule has 0 saturated carbocycles. The van der Waals surface area contributed by atoms with Crippen LogP contribution >= 0.6 is 0 Å². The fourth-order valence-electron chi connectivity index (χ4n) is 3.76. The minimum absolute atomic E-state index is 0.0161. The van der Waals surface area contributed by atoms with Crippen molar-refractivity contribution in [1.82, 2.24) is 0 Å². The van der Waals surface area contributed by atoms with Gasteiger partial charge < -0.3 is 0 Å². The summed E-state index contributed by atoms with van der Waals surface area (Å²) in [6.45, 7) is 8.42. The molecule has 23 heavy (non-hydrogen) atoms. The van der Waals surface area contributed by atoms with Gasteiger partial charge in [0.05, 0.1) is 0 Å². The van der Waals surface area contributed by atoms with Gasteiger partial charge in [0.25, 0.3) is 0 Å². The lowest BCUT2D eigenvalue weighted by molar-refractivity contribution is -0.127. The van der Waals surface area contributed by atoms with Crippen LogP contribution < -0.4 is 0 Å². The zero-order chi connectivity index (χ0) is 17.4. The molecule has 0 aliphatic heterocycles. The Kier molecular flexibility index (Phi) is 15.0. The van der Waals surface area contributed by atoms with Crippen molar-refractivity contribution in [1.29, 1.82) is 0 Å².